The van der Waals surface area contributed by atoms with Crippen molar-refractivity contribution in [2.24, 2.45) is 10.9 Å². The van der Waals surface area contributed by atoms with Crippen LogP contribution in [0.2, 0.25) is 0 Å². The zero-order valence-corrected chi connectivity index (χ0v) is 13.1. The summed E-state index contributed by atoms with van der Waals surface area (Å²) in [6.45, 7) is 9.61. The van der Waals surface area contributed by atoms with Gasteiger partial charge in [-0.15, -0.1) is 0 Å². The summed E-state index contributed by atoms with van der Waals surface area (Å²) in [5.74, 6) is 1.30. The molecular weight excluding hydrogens is 256 g/mol. The Labute approximate surface area is 122 Å². The number of amides is 1. The van der Waals surface area contributed by atoms with Crippen LogP contribution in [0.5, 0.6) is 0 Å². The fraction of sp³-hybridized carbons (Fsp3) is 0.867. The molecular formula is C15H28N2O3. The van der Waals surface area contributed by atoms with E-state index in [1.165, 1.54) is 25.7 Å². The predicted molar refractivity (Wildman–Crippen MR) is 80.2 cm³/mol. The van der Waals surface area contributed by atoms with Crippen LogP contribution >= 0.6 is 0 Å². The van der Waals surface area contributed by atoms with Crippen LogP contribution in [0.1, 0.15) is 46.5 Å². The summed E-state index contributed by atoms with van der Waals surface area (Å²) in [6, 6.07) is 0. The Bertz CT molecular complexity index is 308. The van der Waals surface area contributed by atoms with Gasteiger partial charge in [0.1, 0.15) is 5.84 Å². The highest BCUT2D eigenvalue weighted by Gasteiger charge is 2.19. The predicted octanol–water partition coefficient (Wildman–Crippen LogP) is 3.09. The number of rotatable bonds is 2. The molecule has 0 radical (unpaired) electrons. The molecule has 0 aromatic rings. The lowest BCUT2D eigenvalue weighted by Gasteiger charge is -2.28. The Hall–Kier alpha value is -1.10. The summed E-state index contributed by atoms with van der Waals surface area (Å²) in [5.41, 5.74) is 0. The summed E-state index contributed by atoms with van der Waals surface area (Å²) < 4.78 is 10.4. The molecule has 1 aliphatic heterocycles. The van der Waals surface area contributed by atoms with Crippen molar-refractivity contribution < 1.29 is 14.3 Å². The van der Waals surface area contributed by atoms with E-state index in [1.807, 2.05) is 11.8 Å². The fourth-order valence-electron chi connectivity index (χ4n) is 1.97. The molecule has 5 nitrogen and oxygen atoms in total. The number of nitrogens with zero attached hydrogens (tertiary/aromatic N) is 2. The van der Waals surface area contributed by atoms with Gasteiger partial charge in [-0.25, -0.2) is 4.79 Å². The van der Waals surface area contributed by atoms with Crippen LogP contribution in [0.15, 0.2) is 4.99 Å². The zero-order valence-electron chi connectivity index (χ0n) is 13.1. The molecule has 1 saturated carbocycles. The molecule has 0 atom stereocenters. The van der Waals surface area contributed by atoms with Gasteiger partial charge >= 0.3 is 6.09 Å². The minimum Gasteiger partial charge on any atom is -0.448 e. The first kappa shape index (κ1) is 17.0. The Balaban J connectivity index is 0.000000612. The van der Waals surface area contributed by atoms with Crippen LogP contribution in [-0.4, -0.2) is 49.7 Å². The monoisotopic (exact) mass is 284 g/mol. The molecule has 1 heterocycles. The lowest BCUT2D eigenvalue weighted by Crippen LogP contribution is -2.39. The van der Waals surface area contributed by atoms with Crippen LogP contribution in [-0.2, 0) is 9.47 Å². The fourth-order valence-corrected chi connectivity index (χ4v) is 1.97. The van der Waals surface area contributed by atoms with E-state index < -0.39 is 6.09 Å². The molecule has 0 aromatic carbocycles. The molecule has 116 valence electrons. The number of hydrogen-bond donors (Lipinski definition) is 0. The summed E-state index contributed by atoms with van der Waals surface area (Å²) in [4.78, 5) is 17.5. The molecule has 0 spiro atoms. The van der Waals surface area contributed by atoms with E-state index in [4.69, 9.17) is 9.47 Å². The second-order valence-corrected chi connectivity index (χ2v) is 5.34. The highest BCUT2D eigenvalue weighted by atomic mass is 16.5. The van der Waals surface area contributed by atoms with E-state index >= 15 is 0 Å². The molecule has 1 amide bonds. The Morgan fingerprint density at radius 3 is 2.40 bits per heavy atom. The molecule has 2 fully saturated rings. The number of aliphatic imine (C=N–C) groups is 1. The summed E-state index contributed by atoms with van der Waals surface area (Å²) in [6.07, 6.45) is 4.41. The van der Waals surface area contributed by atoms with Gasteiger partial charge in [-0.1, -0.05) is 26.7 Å². The van der Waals surface area contributed by atoms with Crippen LogP contribution in [0.4, 0.5) is 4.79 Å². The average Bonchev–Trinajstić information content (AvgIpc) is 2.39. The van der Waals surface area contributed by atoms with Gasteiger partial charge in [0.25, 0.3) is 0 Å². The first-order valence-corrected chi connectivity index (χ1v) is 7.72. The largest absolute Gasteiger partial charge is 0.448 e. The number of amidine groups is 1. The minimum atomic E-state index is -0.458. The molecule has 2 aliphatic rings. The third-order valence-corrected chi connectivity index (χ3v) is 3.39. The maximum absolute atomic E-state index is 11.5. The number of morpholine rings is 1. The van der Waals surface area contributed by atoms with Gasteiger partial charge < -0.3 is 14.4 Å². The smallest absolute Gasteiger partial charge is 0.435 e. The molecule has 1 saturated heterocycles. The van der Waals surface area contributed by atoms with Crippen molar-refractivity contribution in [2.45, 2.75) is 46.5 Å². The molecule has 0 unspecified atom stereocenters. The van der Waals surface area contributed by atoms with Crippen LogP contribution in [0, 0.1) is 5.92 Å². The van der Waals surface area contributed by atoms with Crippen molar-refractivity contribution in [1.82, 2.24) is 4.90 Å². The molecule has 2 rings (SSSR count). The van der Waals surface area contributed by atoms with Crippen LogP contribution in [0.25, 0.3) is 0 Å². The summed E-state index contributed by atoms with van der Waals surface area (Å²) in [5, 5.41) is 0. The molecule has 0 N–H and O–H groups in total. The van der Waals surface area contributed by atoms with E-state index in [-0.39, 0.29) is 0 Å². The second-order valence-electron chi connectivity index (χ2n) is 5.34. The maximum atomic E-state index is 11.5. The average molecular weight is 284 g/mol. The quantitative estimate of drug-likeness (QED) is 0.577. The third kappa shape index (κ3) is 6.37. The highest BCUT2D eigenvalue weighted by molar-refractivity contribution is 5.90. The van der Waals surface area contributed by atoms with Gasteiger partial charge in [0, 0.05) is 13.1 Å². The summed E-state index contributed by atoms with van der Waals surface area (Å²) in [7, 11) is 0. The number of ether oxygens (including phenoxy) is 2. The number of carbonyl (C=O) groups is 1. The normalized spacial score (nSPS) is 19.8. The first-order chi connectivity index (χ1) is 9.67. The van der Waals surface area contributed by atoms with Crippen molar-refractivity contribution in [1.29, 1.82) is 0 Å². The van der Waals surface area contributed by atoms with E-state index in [0.29, 0.717) is 25.7 Å². The van der Waals surface area contributed by atoms with Crippen molar-refractivity contribution >= 4 is 11.9 Å². The van der Waals surface area contributed by atoms with Gasteiger partial charge in [-0.3, -0.25) is 0 Å². The van der Waals surface area contributed by atoms with E-state index in [9.17, 15) is 4.79 Å². The zero-order chi connectivity index (χ0) is 14.8. The molecule has 0 bridgehead atoms. The van der Waals surface area contributed by atoms with Crippen molar-refractivity contribution in [3.05, 3.63) is 0 Å². The SMILES string of the molecule is C/C(=N/C(=O)OCC1CCC1)N1CCOCC1.CCC. The third-order valence-electron chi connectivity index (χ3n) is 3.39. The van der Waals surface area contributed by atoms with E-state index in [2.05, 4.69) is 18.8 Å². The Kier molecular flexibility index (Phi) is 8.26. The Morgan fingerprint density at radius 1 is 1.30 bits per heavy atom. The second kappa shape index (κ2) is 9.75. The van der Waals surface area contributed by atoms with Crippen molar-refractivity contribution in [3.8, 4) is 0 Å². The maximum Gasteiger partial charge on any atom is 0.435 e. The molecule has 20 heavy (non-hydrogen) atoms. The lowest BCUT2D eigenvalue weighted by atomic mass is 9.86. The summed E-state index contributed by atoms with van der Waals surface area (Å²) >= 11 is 0. The van der Waals surface area contributed by atoms with E-state index in [0.717, 1.165) is 18.9 Å². The minimum absolute atomic E-state index is 0.458. The Morgan fingerprint density at radius 2 is 1.90 bits per heavy atom. The van der Waals surface area contributed by atoms with E-state index in [1.54, 1.807) is 0 Å². The van der Waals surface area contributed by atoms with Gasteiger partial charge in [-0.05, 0) is 25.7 Å². The number of carbonyl (C=O) groups excluding carboxylic acids is 1. The topological polar surface area (TPSA) is 51.1 Å². The highest BCUT2D eigenvalue weighted by Crippen LogP contribution is 2.26. The van der Waals surface area contributed by atoms with Gasteiger partial charge in [0.15, 0.2) is 0 Å². The molecule has 1 aliphatic carbocycles. The molecule has 0 aromatic heterocycles. The molecule has 5 heteroatoms. The van der Waals surface area contributed by atoms with Crippen molar-refractivity contribution in [2.75, 3.05) is 32.9 Å². The van der Waals surface area contributed by atoms with Gasteiger partial charge in [0.05, 0.1) is 19.8 Å². The van der Waals surface area contributed by atoms with Gasteiger partial charge in [-0.2, -0.15) is 4.99 Å². The standard InChI is InChI=1S/C12H20N2O3.C3H8/c1-10(14-5-7-16-8-6-14)13-12(15)17-9-11-3-2-4-11;1-3-2/h11H,2-9H2,1H3;3H2,1-2H3/b13-10-;. The van der Waals surface area contributed by atoms with Crippen LogP contribution < -0.4 is 0 Å². The van der Waals surface area contributed by atoms with Gasteiger partial charge in [0.2, 0.25) is 0 Å². The van der Waals surface area contributed by atoms with Crippen LogP contribution in [0.3, 0.4) is 0 Å². The lowest BCUT2D eigenvalue weighted by molar-refractivity contribution is 0.0673. The first-order valence-electron chi connectivity index (χ1n) is 7.72. The number of hydrogen-bond acceptors (Lipinski definition) is 3. The van der Waals surface area contributed by atoms with Crippen molar-refractivity contribution in [3.63, 3.8) is 0 Å².